The van der Waals surface area contributed by atoms with E-state index in [0.717, 1.165) is 5.69 Å². The van der Waals surface area contributed by atoms with Crippen molar-refractivity contribution >= 4 is 17.5 Å². The molecule has 2 rings (SSSR count). The van der Waals surface area contributed by atoms with E-state index in [9.17, 15) is 9.59 Å². The predicted octanol–water partition coefficient (Wildman–Crippen LogP) is 1.55. The summed E-state index contributed by atoms with van der Waals surface area (Å²) in [7, 11) is 0. The Morgan fingerprint density at radius 1 is 1.37 bits per heavy atom. The second-order valence-electron chi connectivity index (χ2n) is 5.01. The number of hydrogen-bond donors (Lipinski definition) is 2. The number of carbonyl (C=O) groups is 2. The maximum atomic E-state index is 11.5. The molecule has 1 aliphatic rings. The Hall–Kier alpha value is -2.04. The molecular weight excluding hydrogens is 244 g/mol. The minimum atomic E-state index is -0.517. The van der Waals surface area contributed by atoms with E-state index in [1.54, 1.807) is 0 Å². The van der Waals surface area contributed by atoms with Crippen molar-refractivity contribution in [2.24, 2.45) is 5.92 Å². The van der Waals surface area contributed by atoms with Crippen LogP contribution in [0.5, 0.6) is 5.75 Å². The van der Waals surface area contributed by atoms with Gasteiger partial charge in [0.25, 0.3) is 0 Å². The number of imide groups is 1. The first-order chi connectivity index (χ1) is 9.06. The topological polar surface area (TPSA) is 67.4 Å². The third kappa shape index (κ3) is 3.47. The van der Waals surface area contributed by atoms with E-state index in [-0.39, 0.29) is 18.2 Å². The van der Waals surface area contributed by atoms with Gasteiger partial charge in [-0.05, 0) is 18.1 Å². The predicted molar refractivity (Wildman–Crippen MR) is 72.0 cm³/mol. The van der Waals surface area contributed by atoms with Crippen molar-refractivity contribution in [2.75, 3.05) is 11.9 Å². The minimum Gasteiger partial charge on any atom is -0.491 e. The van der Waals surface area contributed by atoms with Crippen LogP contribution in [0.1, 0.15) is 20.3 Å². The number of hydrogen-bond acceptors (Lipinski definition) is 4. The standard InChI is InChI=1S/C14H18N2O3/c1-9(2)8-19-12-6-4-3-5-10(12)15-11-7-13(17)16-14(11)18/h3-6,9,11,15H,7-8H2,1-2H3,(H,16,17,18). The van der Waals surface area contributed by atoms with Crippen molar-refractivity contribution < 1.29 is 14.3 Å². The van der Waals surface area contributed by atoms with Crippen LogP contribution in [0, 0.1) is 5.92 Å². The van der Waals surface area contributed by atoms with Crippen LogP contribution < -0.4 is 15.4 Å². The van der Waals surface area contributed by atoms with Gasteiger partial charge in [-0.3, -0.25) is 14.9 Å². The van der Waals surface area contributed by atoms with Crippen LogP contribution in [0.2, 0.25) is 0 Å². The number of amides is 2. The molecule has 19 heavy (non-hydrogen) atoms. The molecule has 0 radical (unpaired) electrons. The third-order valence-corrected chi connectivity index (χ3v) is 2.76. The molecule has 0 saturated carbocycles. The average molecular weight is 262 g/mol. The molecule has 0 spiro atoms. The summed E-state index contributed by atoms with van der Waals surface area (Å²) in [5, 5.41) is 5.33. The summed E-state index contributed by atoms with van der Waals surface area (Å²) < 4.78 is 5.69. The van der Waals surface area contributed by atoms with E-state index in [2.05, 4.69) is 24.5 Å². The van der Waals surface area contributed by atoms with Crippen LogP contribution in [-0.2, 0) is 9.59 Å². The maximum Gasteiger partial charge on any atom is 0.249 e. The fraction of sp³-hybridized carbons (Fsp3) is 0.429. The number of benzene rings is 1. The van der Waals surface area contributed by atoms with E-state index in [1.165, 1.54) is 0 Å². The van der Waals surface area contributed by atoms with Gasteiger partial charge < -0.3 is 10.1 Å². The monoisotopic (exact) mass is 262 g/mol. The molecule has 0 aliphatic carbocycles. The zero-order valence-corrected chi connectivity index (χ0v) is 11.1. The van der Waals surface area contributed by atoms with Crippen LogP contribution in [-0.4, -0.2) is 24.5 Å². The van der Waals surface area contributed by atoms with E-state index in [4.69, 9.17) is 4.74 Å². The summed E-state index contributed by atoms with van der Waals surface area (Å²) in [5.41, 5.74) is 0.734. The Kier molecular flexibility index (Phi) is 4.04. The highest BCUT2D eigenvalue weighted by Crippen LogP contribution is 2.26. The summed E-state index contributed by atoms with van der Waals surface area (Å²) in [4.78, 5) is 22.7. The fourth-order valence-electron chi connectivity index (χ4n) is 1.83. The van der Waals surface area contributed by atoms with Crippen LogP contribution in [0.4, 0.5) is 5.69 Å². The van der Waals surface area contributed by atoms with E-state index in [0.29, 0.717) is 18.3 Å². The molecular formula is C14H18N2O3. The van der Waals surface area contributed by atoms with Crippen LogP contribution in [0.25, 0.3) is 0 Å². The summed E-state index contributed by atoms with van der Waals surface area (Å²) in [6.07, 6.45) is 0.164. The molecule has 1 heterocycles. The number of para-hydroxylation sites is 2. The van der Waals surface area contributed by atoms with Gasteiger partial charge in [-0.2, -0.15) is 0 Å². The molecule has 2 amide bonds. The van der Waals surface area contributed by atoms with Gasteiger partial charge in [-0.1, -0.05) is 26.0 Å². The minimum absolute atomic E-state index is 0.164. The Balaban J connectivity index is 2.07. The quantitative estimate of drug-likeness (QED) is 0.790. The summed E-state index contributed by atoms with van der Waals surface area (Å²) >= 11 is 0. The fourth-order valence-corrected chi connectivity index (χ4v) is 1.83. The molecule has 1 aromatic rings. The first-order valence-corrected chi connectivity index (χ1v) is 6.38. The number of ether oxygens (including phenoxy) is 1. The molecule has 5 heteroatoms. The lowest BCUT2D eigenvalue weighted by Crippen LogP contribution is -2.30. The molecule has 1 atom stereocenters. The van der Waals surface area contributed by atoms with Crippen molar-refractivity contribution in [1.82, 2.24) is 5.32 Å². The van der Waals surface area contributed by atoms with E-state index >= 15 is 0 Å². The van der Waals surface area contributed by atoms with Crippen molar-refractivity contribution in [3.05, 3.63) is 24.3 Å². The molecule has 2 N–H and O–H groups in total. The number of rotatable bonds is 5. The van der Waals surface area contributed by atoms with Gasteiger partial charge in [0.05, 0.1) is 18.7 Å². The smallest absolute Gasteiger partial charge is 0.249 e. The second kappa shape index (κ2) is 5.73. The van der Waals surface area contributed by atoms with Crippen molar-refractivity contribution in [3.63, 3.8) is 0 Å². The lowest BCUT2D eigenvalue weighted by atomic mass is 10.2. The summed E-state index contributed by atoms with van der Waals surface area (Å²) in [6, 6.07) is 6.90. The highest BCUT2D eigenvalue weighted by molar-refractivity contribution is 6.06. The molecule has 1 aromatic carbocycles. The SMILES string of the molecule is CC(C)COc1ccccc1NC1CC(=O)NC1=O. The Morgan fingerprint density at radius 2 is 2.11 bits per heavy atom. The Morgan fingerprint density at radius 3 is 2.74 bits per heavy atom. The largest absolute Gasteiger partial charge is 0.491 e. The van der Waals surface area contributed by atoms with Crippen molar-refractivity contribution in [2.45, 2.75) is 26.3 Å². The molecule has 102 valence electrons. The summed E-state index contributed by atoms with van der Waals surface area (Å²) in [6.45, 7) is 4.74. The molecule has 0 bridgehead atoms. The molecule has 0 aromatic heterocycles. The molecule has 1 saturated heterocycles. The van der Waals surface area contributed by atoms with Crippen LogP contribution in [0.3, 0.4) is 0 Å². The van der Waals surface area contributed by atoms with Gasteiger partial charge >= 0.3 is 0 Å². The molecule has 1 aliphatic heterocycles. The third-order valence-electron chi connectivity index (χ3n) is 2.76. The molecule has 1 fully saturated rings. The van der Waals surface area contributed by atoms with Crippen molar-refractivity contribution in [1.29, 1.82) is 0 Å². The van der Waals surface area contributed by atoms with Gasteiger partial charge in [0.15, 0.2) is 0 Å². The highest BCUT2D eigenvalue weighted by atomic mass is 16.5. The molecule has 1 unspecified atom stereocenters. The number of nitrogens with one attached hydrogen (secondary N) is 2. The average Bonchev–Trinajstić information content (AvgIpc) is 2.67. The first kappa shape index (κ1) is 13.4. The van der Waals surface area contributed by atoms with Gasteiger partial charge in [-0.15, -0.1) is 0 Å². The Bertz CT molecular complexity index is 485. The lowest BCUT2D eigenvalue weighted by Gasteiger charge is -2.16. The second-order valence-corrected chi connectivity index (χ2v) is 5.01. The Labute approximate surface area is 112 Å². The van der Waals surface area contributed by atoms with Crippen LogP contribution >= 0.6 is 0 Å². The van der Waals surface area contributed by atoms with Crippen LogP contribution in [0.15, 0.2) is 24.3 Å². The van der Waals surface area contributed by atoms with Crippen molar-refractivity contribution in [3.8, 4) is 5.75 Å². The van der Waals surface area contributed by atoms with Gasteiger partial charge in [-0.25, -0.2) is 0 Å². The van der Waals surface area contributed by atoms with Gasteiger partial charge in [0, 0.05) is 0 Å². The zero-order valence-electron chi connectivity index (χ0n) is 11.1. The normalized spacial score (nSPS) is 18.6. The lowest BCUT2D eigenvalue weighted by molar-refractivity contribution is -0.124. The van der Waals surface area contributed by atoms with Gasteiger partial charge in [0.1, 0.15) is 11.8 Å². The molecule has 5 nitrogen and oxygen atoms in total. The first-order valence-electron chi connectivity index (χ1n) is 6.38. The number of anilines is 1. The maximum absolute atomic E-state index is 11.5. The van der Waals surface area contributed by atoms with E-state index < -0.39 is 6.04 Å². The number of carbonyl (C=O) groups excluding carboxylic acids is 2. The van der Waals surface area contributed by atoms with Gasteiger partial charge in [0.2, 0.25) is 11.8 Å². The zero-order chi connectivity index (χ0) is 13.8. The van der Waals surface area contributed by atoms with E-state index in [1.807, 2.05) is 24.3 Å². The summed E-state index contributed by atoms with van der Waals surface area (Å²) in [5.74, 6) is 0.583. The highest BCUT2D eigenvalue weighted by Gasteiger charge is 2.30.